The van der Waals surface area contributed by atoms with Gasteiger partial charge in [-0.15, -0.1) is 0 Å². The Balaban J connectivity index is 1.69. The molecule has 3 rings (SSSR count). The van der Waals surface area contributed by atoms with Crippen molar-refractivity contribution in [2.45, 2.75) is 12.5 Å². The summed E-state index contributed by atoms with van der Waals surface area (Å²) >= 11 is 0. The minimum Gasteiger partial charge on any atom is -0.314 e. The van der Waals surface area contributed by atoms with E-state index in [-0.39, 0.29) is 5.91 Å². The molecule has 3 aliphatic heterocycles. The maximum absolute atomic E-state index is 11.4. The minimum atomic E-state index is 0.284. The summed E-state index contributed by atoms with van der Waals surface area (Å²) in [5.41, 5.74) is 1.23. The molecule has 0 bridgehead atoms. The predicted molar refractivity (Wildman–Crippen MR) is 52.6 cm³/mol. The summed E-state index contributed by atoms with van der Waals surface area (Å²) in [5, 5.41) is 3.29. The minimum absolute atomic E-state index is 0.284. The van der Waals surface area contributed by atoms with Crippen LogP contribution in [0.1, 0.15) is 6.42 Å². The van der Waals surface area contributed by atoms with Crippen LogP contribution in [0.15, 0.2) is 11.8 Å². The second-order valence-corrected chi connectivity index (χ2v) is 4.23. The largest absolute Gasteiger partial charge is 0.314 e. The average molecular weight is 193 g/mol. The van der Waals surface area contributed by atoms with E-state index in [1.54, 1.807) is 0 Å². The van der Waals surface area contributed by atoms with E-state index in [0.717, 1.165) is 32.7 Å². The summed E-state index contributed by atoms with van der Waals surface area (Å²) in [7, 11) is 0. The molecule has 4 nitrogen and oxygen atoms in total. The van der Waals surface area contributed by atoms with Gasteiger partial charge < -0.3 is 10.2 Å². The average Bonchev–Trinajstić information content (AvgIpc) is 2.45. The van der Waals surface area contributed by atoms with E-state index in [0.29, 0.717) is 12.5 Å². The lowest BCUT2D eigenvalue weighted by atomic mass is 10.1. The maximum Gasteiger partial charge on any atom is 0.230 e. The third-order valence-corrected chi connectivity index (χ3v) is 3.41. The highest BCUT2D eigenvalue weighted by Crippen LogP contribution is 2.23. The zero-order valence-corrected chi connectivity index (χ0v) is 8.20. The number of rotatable bonds is 1. The molecule has 3 heterocycles. The number of nitrogens with zero attached hydrogens (tertiary/aromatic N) is 2. The SMILES string of the molecule is O=C1CC=C2CN(C3CNC3)CCN12. The fourth-order valence-electron chi connectivity index (χ4n) is 2.36. The molecule has 14 heavy (non-hydrogen) atoms. The Morgan fingerprint density at radius 2 is 2.21 bits per heavy atom. The van der Waals surface area contributed by atoms with Gasteiger partial charge in [0.1, 0.15) is 0 Å². The monoisotopic (exact) mass is 193 g/mol. The molecule has 4 heteroatoms. The molecule has 0 atom stereocenters. The number of hydrogen-bond acceptors (Lipinski definition) is 3. The van der Waals surface area contributed by atoms with Gasteiger partial charge in [-0.1, -0.05) is 6.08 Å². The first-order valence-electron chi connectivity index (χ1n) is 5.29. The first-order chi connectivity index (χ1) is 6.84. The van der Waals surface area contributed by atoms with Crippen LogP contribution in [0.2, 0.25) is 0 Å². The van der Waals surface area contributed by atoms with Crippen LogP contribution in [0.25, 0.3) is 0 Å². The molecule has 0 saturated carbocycles. The molecule has 3 aliphatic rings. The van der Waals surface area contributed by atoms with E-state index in [4.69, 9.17) is 0 Å². The Labute approximate surface area is 83.5 Å². The maximum atomic E-state index is 11.4. The van der Waals surface area contributed by atoms with Gasteiger partial charge in [-0.3, -0.25) is 9.69 Å². The van der Waals surface area contributed by atoms with Gasteiger partial charge in [0.25, 0.3) is 0 Å². The Morgan fingerprint density at radius 3 is 2.93 bits per heavy atom. The summed E-state index contributed by atoms with van der Waals surface area (Å²) in [5.74, 6) is 0.284. The first-order valence-corrected chi connectivity index (χ1v) is 5.29. The third kappa shape index (κ3) is 1.18. The standard InChI is InChI=1S/C10H15N3O/c14-10-2-1-8-7-12(3-4-13(8)10)9-5-11-6-9/h1,9,11H,2-7H2. The summed E-state index contributed by atoms with van der Waals surface area (Å²) < 4.78 is 0. The molecule has 76 valence electrons. The molecule has 0 unspecified atom stereocenters. The fraction of sp³-hybridized carbons (Fsp3) is 0.700. The van der Waals surface area contributed by atoms with E-state index >= 15 is 0 Å². The molecule has 0 aromatic carbocycles. The highest BCUT2D eigenvalue weighted by molar-refractivity contribution is 5.82. The lowest BCUT2D eigenvalue weighted by Crippen LogP contribution is -2.60. The van der Waals surface area contributed by atoms with Gasteiger partial charge in [0.15, 0.2) is 0 Å². The third-order valence-electron chi connectivity index (χ3n) is 3.41. The van der Waals surface area contributed by atoms with E-state index in [2.05, 4.69) is 16.3 Å². The van der Waals surface area contributed by atoms with Crippen molar-refractivity contribution >= 4 is 5.91 Å². The molecular weight excluding hydrogens is 178 g/mol. The number of fused-ring (bicyclic) bond motifs is 1. The van der Waals surface area contributed by atoms with Gasteiger partial charge in [-0.2, -0.15) is 0 Å². The molecule has 0 aliphatic carbocycles. The summed E-state index contributed by atoms with van der Waals surface area (Å²) in [4.78, 5) is 15.8. The van der Waals surface area contributed by atoms with Gasteiger partial charge in [0.05, 0.1) is 0 Å². The van der Waals surface area contributed by atoms with E-state index in [1.165, 1.54) is 5.70 Å². The second-order valence-electron chi connectivity index (χ2n) is 4.23. The van der Waals surface area contributed by atoms with Gasteiger partial charge in [0.2, 0.25) is 5.91 Å². The van der Waals surface area contributed by atoms with E-state index in [9.17, 15) is 4.79 Å². The lowest BCUT2D eigenvalue weighted by Gasteiger charge is -2.43. The van der Waals surface area contributed by atoms with Gasteiger partial charge in [-0.25, -0.2) is 0 Å². The van der Waals surface area contributed by atoms with Gasteiger partial charge >= 0.3 is 0 Å². The van der Waals surface area contributed by atoms with Crippen LogP contribution in [0.5, 0.6) is 0 Å². The van der Waals surface area contributed by atoms with Crippen LogP contribution < -0.4 is 5.32 Å². The zero-order valence-electron chi connectivity index (χ0n) is 8.20. The Hall–Kier alpha value is -0.870. The molecular formula is C10H15N3O. The van der Waals surface area contributed by atoms with Crippen molar-refractivity contribution < 1.29 is 4.79 Å². The summed E-state index contributed by atoms with van der Waals surface area (Å²) in [6, 6.07) is 0.703. The van der Waals surface area contributed by atoms with Crippen LogP contribution in [-0.2, 0) is 4.79 Å². The molecule has 1 N–H and O–H groups in total. The highest BCUT2D eigenvalue weighted by Gasteiger charge is 2.33. The van der Waals surface area contributed by atoms with Crippen molar-refractivity contribution in [1.82, 2.24) is 15.1 Å². The number of carbonyl (C=O) groups is 1. The quantitative estimate of drug-likeness (QED) is 0.603. The van der Waals surface area contributed by atoms with Crippen LogP contribution >= 0.6 is 0 Å². The molecule has 0 radical (unpaired) electrons. The van der Waals surface area contributed by atoms with Crippen molar-refractivity contribution in [2.75, 3.05) is 32.7 Å². The Kier molecular flexibility index (Phi) is 1.85. The number of hydrogen-bond donors (Lipinski definition) is 1. The first kappa shape index (κ1) is 8.44. The number of amides is 1. The Morgan fingerprint density at radius 1 is 1.36 bits per heavy atom. The van der Waals surface area contributed by atoms with Crippen LogP contribution in [0.3, 0.4) is 0 Å². The molecule has 2 saturated heterocycles. The zero-order chi connectivity index (χ0) is 9.54. The molecule has 0 aromatic heterocycles. The van der Waals surface area contributed by atoms with E-state index in [1.807, 2.05) is 4.90 Å². The van der Waals surface area contributed by atoms with E-state index < -0.39 is 0 Å². The second kappa shape index (κ2) is 3.07. The van der Waals surface area contributed by atoms with Gasteiger partial charge in [0, 0.05) is 50.9 Å². The smallest absolute Gasteiger partial charge is 0.230 e. The fourth-order valence-corrected chi connectivity index (χ4v) is 2.36. The van der Waals surface area contributed by atoms with Crippen molar-refractivity contribution in [3.05, 3.63) is 11.8 Å². The molecule has 1 amide bonds. The number of nitrogens with one attached hydrogen (secondary N) is 1. The normalized spacial score (nSPS) is 28.7. The summed E-state index contributed by atoms with van der Waals surface area (Å²) in [6.45, 7) is 5.12. The molecule has 0 spiro atoms. The Bertz CT molecular complexity index is 296. The van der Waals surface area contributed by atoms with Crippen molar-refractivity contribution in [1.29, 1.82) is 0 Å². The number of piperazine rings is 1. The van der Waals surface area contributed by atoms with Crippen LogP contribution in [-0.4, -0.2) is 54.5 Å². The highest BCUT2D eigenvalue weighted by atomic mass is 16.2. The molecule has 2 fully saturated rings. The van der Waals surface area contributed by atoms with Crippen LogP contribution in [0, 0.1) is 0 Å². The summed E-state index contributed by atoms with van der Waals surface area (Å²) in [6.07, 6.45) is 2.70. The van der Waals surface area contributed by atoms with Gasteiger partial charge in [-0.05, 0) is 0 Å². The predicted octanol–water partition coefficient (Wildman–Crippen LogP) is -0.610. The van der Waals surface area contributed by atoms with Crippen molar-refractivity contribution in [3.8, 4) is 0 Å². The van der Waals surface area contributed by atoms with Crippen molar-refractivity contribution in [2.24, 2.45) is 0 Å². The molecule has 0 aromatic rings. The van der Waals surface area contributed by atoms with Crippen molar-refractivity contribution in [3.63, 3.8) is 0 Å². The lowest BCUT2D eigenvalue weighted by molar-refractivity contribution is -0.128. The topological polar surface area (TPSA) is 35.6 Å². The van der Waals surface area contributed by atoms with Crippen LogP contribution in [0.4, 0.5) is 0 Å². The number of carbonyl (C=O) groups excluding carboxylic acids is 1.